The van der Waals surface area contributed by atoms with Crippen molar-refractivity contribution in [1.29, 1.82) is 0 Å². The van der Waals surface area contributed by atoms with Crippen LogP contribution in [-0.2, 0) is 6.54 Å². The minimum Gasteiger partial charge on any atom is -0.546 e. The van der Waals surface area contributed by atoms with Gasteiger partial charge in [0.25, 0.3) is 5.91 Å². The number of aromatic nitrogens is 2. The van der Waals surface area contributed by atoms with Crippen LogP contribution < -0.4 is 20.1 Å². The van der Waals surface area contributed by atoms with E-state index in [0.717, 1.165) is 11.1 Å². The van der Waals surface area contributed by atoms with Crippen molar-refractivity contribution in [3.8, 4) is 17.2 Å². The molecule has 0 radical (unpaired) electrons. The summed E-state index contributed by atoms with van der Waals surface area (Å²) in [5.74, 6) is 1.21. The van der Waals surface area contributed by atoms with Gasteiger partial charge in [0.2, 0.25) is 18.4 Å². The van der Waals surface area contributed by atoms with Crippen LogP contribution in [0.25, 0.3) is 0 Å². The third-order valence-corrected chi connectivity index (χ3v) is 7.25. The number of para-hydroxylation sites is 1. The number of hydrogen-bond donors (Lipinski definition) is 3. The molecule has 1 aliphatic rings. The van der Waals surface area contributed by atoms with Crippen LogP contribution in [0.4, 0.5) is 17.3 Å². The Kier molecular flexibility index (Phi) is 7.51. The second-order valence-electron chi connectivity index (χ2n) is 10.6. The van der Waals surface area contributed by atoms with Crippen LogP contribution in [0.2, 0.25) is 0 Å². The van der Waals surface area contributed by atoms with Crippen LogP contribution in [-0.4, -0.2) is 43.1 Å². The van der Waals surface area contributed by atoms with Crippen molar-refractivity contribution in [2.75, 3.05) is 24.5 Å². The first kappa shape index (κ1) is 27.2. The van der Waals surface area contributed by atoms with Crippen LogP contribution in [0.5, 0.6) is 17.2 Å². The highest BCUT2D eigenvalue weighted by molar-refractivity contribution is 7.14. The maximum absolute atomic E-state index is 13.2. The van der Waals surface area contributed by atoms with Gasteiger partial charge in [0, 0.05) is 22.3 Å². The van der Waals surface area contributed by atoms with E-state index < -0.39 is 11.1 Å². The summed E-state index contributed by atoms with van der Waals surface area (Å²) < 4.78 is 31.7. The van der Waals surface area contributed by atoms with E-state index in [-0.39, 0.29) is 52.8 Å². The summed E-state index contributed by atoms with van der Waals surface area (Å²) >= 11 is -1.86. The lowest BCUT2D eigenvalue weighted by molar-refractivity contribution is 0.0782. The number of ether oxygens (including phenoxy) is 2. The summed E-state index contributed by atoms with van der Waals surface area (Å²) in [6.07, 6.45) is 0. The lowest BCUT2D eigenvalue weighted by atomic mass is 9.82. The number of carbonyl (C=O) groups is 1. The third kappa shape index (κ3) is 5.80. The third-order valence-electron chi connectivity index (χ3n) is 6.57. The lowest BCUT2D eigenvalue weighted by Gasteiger charge is -2.32. The fraction of sp³-hybridized carbons (Fsp3) is 0.276. The number of amides is 1. The minimum absolute atomic E-state index is 0.127. The molecule has 2 atom stereocenters. The summed E-state index contributed by atoms with van der Waals surface area (Å²) in [5.41, 5.74) is 1.97. The predicted octanol–water partition coefficient (Wildman–Crippen LogP) is 5.85. The topological polar surface area (TPSA) is 132 Å². The molecule has 3 aromatic carbocycles. The van der Waals surface area contributed by atoms with Crippen molar-refractivity contribution in [2.45, 2.75) is 33.4 Å². The number of aromatic hydroxyl groups is 1. The van der Waals surface area contributed by atoms with Crippen molar-refractivity contribution in [3.05, 3.63) is 83.4 Å². The van der Waals surface area contributed by atoms with E-state index in [1.165, 1.54) is 4.90 Å². The van der Waals surface area contributed by atoms with Gasteiger partial charge in [-0.05, 0) is 40.8 Å². The molecule has 3 N–H and O–H groups in total. The predicted molar refractivity (Wildman–Crippen MR) is 153 cm³/mol. The zero-order valence-electron chi connectivity index (χ0n) is 22.7. The molecule has 10 nitrogen and oxygen atoms in total. The van der Waals surface area contributed by atoms with Gasteiger partial charge in [-0.3, -0.25) is 4.79 Å². The summed E-state index contributed by atoms with van der Waals surface area (Å²) in [6.45, 7) is 6.76. The molecule has 208 valence electrons. The smallest absolute Gasteiger partial charge is 0.257 e. The van der Waals surface area contributed by atoms with Crippen LogP contribution in [0.1, 0.15) is 48.3 Å². The molecule has 40 heavy (non-hydrogen) atoms. The summed E-state index contributed by atoms with van der Waals surface area (Å²) in [6, 6.07) is 19.9. The Morgan fingerprint density at radius 1 is 1.05 bits per heavy atom. The second kappa shape index (κ2) is 11.0. The van der Waals surface area contributed by atoms with Crippen LogP contribution in [0, 0.1) is 5.41 Å². The first-order chi connectivity index (χ1) is 19.1. The second-order valence-corrected chi connectivity index (χ2v) is 11.5. The Morgan fingerprint density at radius 3 is 2.52 bits per heavy atom. The maximum atomic E-state index is 13.2. The number of anilines is 3. The Hall–Kier alpha value is -4.35. The highest BCUT2D eigenvalue weighted by atomic mass is 32.2. The highest BCUT2D eigenvalue weighted by Crippen LogP contribution is 2.42. The van der Waals surface area contributed by atoms with Crippen molar-refractivity contribution < 1.29 is 23.9 Å². The molecule has 11 heteroatoms. The Balaban J connectivity index is 1.39. The monoisotopic (exact) mass is 561 g/mol. The van der Waals surface area contributed by atoms with Crippen molar-refractivity contribution in [1.82, 2.24) is 13.6 Å². The highest BCUT2D eigenvalue weighted by Gasteiger charge is 2.31. The van der Waals surface area contributed by atoms with Crippen molar-refractivity contribution in [2.24, 2.45) is 5.41 Å². The molecule has 5 rings (SSSR count). The molecule has 0 aliphatic carbocycles. The van der Waals surface area contributed by atoms with Crippen LogP contribution >= 0.6 is 11.1 Å². The van der Waals surface area contributed by atoms with Gasteiger partial charge in [0.1, 0.15) is 0 Å². The number of benzene rings is 3. The normalized spacial score (nSPS) is 13.6. The van der Waals surface area contributed by atoms with Gasteiger partial charge in [0.05, 0.1) is 17.3 Å². The number of phenols is 1. The van der Waals surface area contributed by atoms with Crippen molar-refractivity contribution >= 4 is 34.4 Å². The Labute approximate surface area is 235 Å². The van der Waals surface area contributed by atoms with Crippen LogP contribution in [0.3, 0.4) is 0 Å². The molecule has 2 heterocycles. The lowest BCUT2D eigenvalue weighted by Crippen LogP contribution is -2.26. The quantitative estimate of drug-likeness (QED) is 0.179. The first-order valence-electron chi connectivity index (χ1n) is 12.7. The average Bonchev–Trinajstić information content (AvgIpc) is 3.53. The summed E-state index contributed by atoms with van der Waals surface area (Å²) in [7, 11) is 1.68. The zero-order valence-corrected chi connectivity index (χ0v) is 23.5. The molecule has 0 bridgehead atoms. The van der Waals surface area contributed by atoms with Crippen molar-refractivity contribution in [3.63, 3.8) is 0 Å². The molecular formula is C29H31N5O5S. The van der Waals surface area contributed by atoms with E-state index in [4.69, 9.17) is 9.47 Å². The number of nitrogens with zero attached hydrogens (tertiary/aromatic N) is 3. The number of hydrogen-bond acceptors (Lipinski definition) is 9. The summed E-state index contributed by atoms with van der Waals surface area (Å²) in [5, 5.41) is 17.4. The van der Waals surface area contributed by atoms with E-state index in [1.807, 2.05) is 48.5 Å². The Bertz CT molecular complexity index is 1520. The number of carbonyl (C=O) groups excluding carboxylic acids is 1. The van der Waals surface area contributed by atoms with E-state index >= 15 is 0 Å². The summed E-state index contributed by atoms with van der Waals surface area (Å²) in [4.78, 5) is 14.7. The number of rotatable bonds is 8. The van der Waals surface area contributed by atoms with E-state index in [1.54, 1.807) is 25.2 Å². The molecule has 4 aromatic rings. The van der Waals surface area contributed by atoms with Gasteiger partial charge in [-0.2, -0.15) is 0 Å². The van der Waals surface area contributed by atoms with E-state index in [2.05, 4.69) is 40.2 Å². The van der Waals surface area contributed by atoms with Gasteiger partial charge in [0.15, 0.2) is 28.4 Å². The molecule has 0 saturated heterocycles. The standard InChI is InChI=1S/C29H31N5O5S/c1-29(2,3)25(19-13-14-22-23(15-19)39-17-38-22)31-27-26(32-40(37)33-27)30-21-12-8-11-20(24(21)35)28(36)34(4)16-18-9-6-5-7-10-18/h5-15,25,35H,16-17H2,1-4H3,(H,30,32)(H,31,33)/t25-,40?/m0/s1. The first-order valence-corrected chi connectivity index (χ1v) is 13.8. The number of nitrogens with one attached hydrogen (secondary N) is 2. The van der Waals surface area contributed by atoms with Gasteiger partial charge >= 0.3 is 0 Å². The van der Waals surface area contributed by atoms with Gasteiger partial charge < -0.3 is 34.7 Å². The zero-order chi connectivity index (χ0) is 28.4. The fourth-order valence-electron chi connectivity index (χ4n) is 4.55. The van der Waals surface area contributed by atoms with Gasteiger partial charge in [-0.1, -0.05) is 63.2 Å². The molecular weight excluding hydrogens is 530 g/mol. The minimum atomic E-state index is -1.86. The molecule has 1 aliphatic heterocycles. The molecule has 0 fully saturated rings. The van der Waals surface area contributed by atoms with Crippen LogP contribution in [0.15, 0.2) is 66.7 Å². The Morgan fingerprint density at radius 2 is 1.77 bits per heavy atom. The number of phenolic OH excluding ortho intramolecular Hbond substituents is 1. The molecule has 1 amide bonds. The maximum Gasteiger partial charge on any atom is 0.257 e. The average molecular weight is 562 g/mol. The molecule has 1 aromatic heterocycles. The molecule has 0 saturated carbocycles. The van der Waals surface area contributed by atoms with E-state index in [0.29, 0.717) is 18.0 Å². The number of fused-ring (bicyclic) bond motifs is 1. The fourth-order valence-corrected chi connectivity index (χ4v) is 5.17. The van der Waals surface area contributed by atoms with Gasteiger partial charge in [-0.25, -0.2) is 0 Å². The molecule has 1 unspecified atom stereocenters. The van der Waals surface area contributed by atoms with Gasteiger partial charge in [-0.15, -0.1) is 0 Å². The molecule has 0 spiro atoms. The SMILES string of the molecule is CN(Cc1ccccc1)C(=O)c1cccc(Nc2n[s+]([O-])nc2N[C@@H](c2ccc3c(c2)OCO3)C(C)(C)C)c1O. The largest absolute Gasteiger partial charge is 0.546 e. The van der Waals surface area contributed by atoms with E-state index in [9.17, 15) is 14.5 Å².